The number of carbonyl (C=O) groups excluding carboxylic acids is 1. The number of carbonyl (C=O) groups is 1. The van der Waals surface area contributed by atoms with Crippen molar-refractivity contribution in [2.45, 2.75) is 38.3 Å². The lowest BCUT2D eigenvalue weighted by atomic mass is 9.76. The van der Waals surface area contributed by atoms with E-state index in [0.717, 1.165) is 50.1 Å². The van der Waals surface area contributed by atoms with E-state index < -0.39 is 0 Å². The smallest absolute Gasteiger partial charge is 0.222 e. The standard InChI is InChI=1S/C18H22N4O2/c23-17-6-2-5-16-14-7-12(9-22(16)17)8-21(11-14)10-13-3-1-4-15-18(13)20-24-19-15/h1,3-4,12,14,16H,2,5-11H2/t12?,14?,16-/m0/s1. The molecule has 0 N–H and O–H groups in total. The molecule has 5 rings (SSSR count). The van der Waals surface area contributed by atoms with Gasteiger partial charge in [0.05, 0.1) is 0 Å². The van der Waals surface area contributed by atoms with E-state index in [0.29, 0.717) is 23.8 Å². The summed E-state index contributed by atoms with van der Waals surface area (Å²) in [5, 5.41) is 8.01. The molecule has 0 aliphatic carbocycles. The van der Waals surface area contributed by atoms with Crippen molar-refractivity contribution in [1.29, 1.82) is 0 Å². The molecule has 24 heavy (non-hydrogen) atoms. The molecular weight excluding hydrogens is 304 g/mol. The van der Waals surface area contributed by atoms with Gasteiger partial charge in [0, 0.05) is 38.6 Å². The summed E-state index contributed by atoms with van der Waals surface area (Å²) >= 11 is 0. The summed E-state index contributed by atoms with van der Waals surface area (Å²) in [5.74, 6) is 1.61. The minimum absolute atomic E-state index is 0.382. The van der Waals surface area contributed by atoms with Crippen molar-refractivity contribution >= 4 is 16.9 Å². The zero-order chi connectivity index (χ0) is 16.1. The molecule has 1 amide bonds. The predicted molar refractivity (Wildman–Crippen MR) is 88.0 cm³/mol. The molecule has 126 valence electrons. The number of piperidine rings is 3. The van der Waals surface area contributed by atoms with E-state index in [1.54, 1.807) is 0 Å². The molecule has 2 aromatic rings. The highest BCUT2D eigenvalue weighted by Crippen LogP contribution is 2.38. The van der Waals surface area contributed by atoms with Crippen LogP contribution < -0.4 is 0 Å². The van der Waals surface area contributed by atoms with Crippen LogP contribution in [0.5, 0.6) is 0 Å². The average Bonchev–Trinajstić information content (AvgIpc) is 3.06. The summed E-state index contributed by atoms with van der Waals surface area (Å²) in [6, 6.07) is 6.54. The fourth-order valence-electron chi connectivity index (χ4n) is 5.07. The second-order valence-electron chi connectivity index (χ2n) is 7.61. The van der Waals surface area contributed by atoms with Crippen LogP contribution in [0.2, 0.25) is 0 Å². The Hall–Kier alpha value is -1.95. The number of aromatic nitrogens is 2. The summed E-state index contributed by atoms with van der Waals surface area (Å²) in [6.07, 6.45) is 4.27. The van der Waals surface area contributed by atoms with Crippen LogP contribution in [0.4, 0.5) is 0 Å². The molecule has 3 aliphatic heterocycles. The van der Waals surface area contributed by atoms with Gasteiger partial charge in [-0.05, 0) is 53.0 Å². The second-order valence-corrected chi connectivity index (χ2v) is 7.61. The van der Waals surface area contributed by atoms with Crippen LogP contribution in [0.15, 0.2) is 22.8 Å². The lowest BCUT2D eigenvalue weighted by Crippen LogP contribution is -2.60. The Morgan fingerprint density at radius 1 is 1.21 bits per heavy atom. The number of amides is 1. The Labute approximate surface area is 140 Å². The maximum Gasteiger partial charge on any atom is 0.222 e. The molecule has 2 bridgehead atoms. The van der Waals surface area contributed by atoms with Gasteiger partial charge in [-0.15, -0.1) is 0 Å². The van der Waals surface area contributed by atoms with Gasteiger partial charge in [0.1, 0.15) is 11.0 Å². The van der Waals surface area contributed by atoms with Crippen LogP contribution in [0, 0.1) is 11.8 Å². The Kier molecular flexibility index (Phi) is 3.33. The van der Waals surface area contributed by atoms with Gasteiger partial charge >= 0.3 is 0 Å². The topological polar surface area (TPSA) is 62.5 Å². The Balaban J connectivity index is 1.36. The zero-order valence-corrected chi connectivity index (χ0v) is 13.7. The molecular formula is C18H22N4O2. The lowest BCUT2D eigenvalue weighted by molar-refractivity contribution is -0.145. The van der Waals surface area contributed by atoms with Gasteiger partial charge in [0.2, 0.25) is 5.91 Å². The van der Waals surface area contributed by atoms with Gasteiger partial charge in [-0.1, -0.05) is 12.1 Å². The third kappa shape index (κ3) is 2.32. The molecule has 3 aliphatic rings. The van der Waals surface area contributed by atoms with Crippen LogP contribution in [0.1, 0.15) is 31.2 Å². The van der Waals surface area contributed by atoms with Crippen LogP contribution in [0.25, 0.3) is 11.0 Å². The molecule has 3 saturated heterocycles. The molecule has 3 fully saturated rings. The molecule has 6 nitrogen and oxygen atoms in total. The first-order valence-corrected chi connectivity index (χ1v) is 9.00. The fourth-order valence-corrected chi connectivity index (χ4v) is 5.07. The van der Waals surface area contributed by atoms with Crippen molar-refractivity contribution in [2.75, 3.05) is 19.6 Å². The number of rotatable bonds is 2. The molecule has 1 aromatic carbocycles. The monoisotopic (exact) mass is 326 g/mol. The number of hydrogen-bond acceptors (Lipinski definition) is 5. The van der Waals surface area contributed by atoms with Crippen molar-refractivity contribution in [2.24, 2.45) is 11.8 Å². The van der Waals surface area contributed by atoms with Crippen LogP contribution in [-0.2, 0) is 11.3 Å². The van der Waals surface area contributed by atoms with E-state index in [-0.39, 0.29) is 0 Å². The molecule has 3 atom stereocenters. The summed E-state index contributed by atoms with van der Waals surface area (Å²) in [4.78, 5) is 17.0. The van der Waals surface area contributed by atoms with Gasteiger partial charge < -0.3 is 4.90 Å². The van der Waals surface area contributed by atoms with Crippen molar-refractivity contribution in [3.8, 4) is 0 Å². The zero-order valence-electron chi connectivity index (χ0n) is 13.7. The van der Waals surface area contributed by atoms with Crippen molar-refractivity contribution < 1.29 is 9.42 Å². The molecule has 0 spiro atoms. The van der Waals surface area contributed by atoms with Crippen molar-refractivity contribution in [1.82, 2.24) is 20.1 Å². The van der Waals surface area contributed by atoms with E-state index in [9.17, 15) is 4.79 Å². The fraction of sp³-hybridized carbons (Fsp3) is 0.611. The molecule has 4 heterocycles. The summed E-state index contributed by atoms with van der Waals surface area (Å²) < 4.78 is 4.89. The maximum absolute atomic E-state index is 12.2. The first-order valence-electron chi connectivity index (χ1n) is 9.00. The van der Waals surface area contributed by atoms with E-state index in [1.165, 1.54) is 18.4 Å². The van der Waals surface area contributed by atoms with Gasteiger partial charge in [-0.2, -0.15) is 0 Å². The van der Waals surface area contributed by atoms with Crippen LogP contribution in [0.3, 0.4) is 0 Å². The number of nitrogens with zero attached hydrogens (tertiary/aromatic N) is 4. The minimum Gasteiger partial charge on any atom is -0.339 e. The summed E-state index contributed by atoms with van der Waals surface area (Å²) in [5.41, 5.74) is 2.89. The number of likely N-dealkylation sites (tertiary alicyclic amines) is 1. The lowest BCUT2D eigenvalue weighted by Gasteiger charge is -2.52. The number of fused-ring (bicyclic) bond motifs is 5. The SMILES string of the molecule is O=C1CCC[C@H]2C3CC(CN(Cc4cccc5nonc45)C3)CN12. The average molecular weight is 326 g/mol. The van der Waals surface area contributed by atoms with Crippen LogP contribution in [-0.4, -0.2) is 51.7 Å². The Morgan fingerprint density at radius 3 is 3.12 bits per heavy atom. The number of benzene rings is 1. The van der Waals surface area contributed by atoms with E-state index in [2.05, 4.69) is 26.2 Å². The van der Waals surface area contributed by atoms with Crippen molar-refractivity contribution in [3.63, 3.8) is 0 Å². The predicted octanol–water partition coefficient (Wildman–Crippen LogP) is 2.06. The summed E-state index contributed by atoms with van der Waals surface area (Å²) in [7, 11) is 0. The molecule has 2 unspecified atom stereocenters. The third-order valence-electron chi connectivity index (χ3n) is 6.02. The molecule has 0 saturated carbocycles. The first-order chi connectivity index (χ1) is 11.8. The first kappa shape index (κ1) is 14.4. The summed E-state index contributed by atoms with van der Waals surface area (Å²) in [6.45, 7) is 3.98. The highest BCUT2D eigenvalue weighted by atomic mass is 16.6. The number of hydrogen-bond donors (Lipinski definition) is 0. The van der Waals surface area contributed by atoms with Gasteiger partial charge in [-0.25, -0.2) is 4.63 Å². The molecule has 0 radical (unpaired) electrons. The van der Waals surface area contributed by atoms with Gasteiger partial charge in [-0.3, -0.25) is 9.69 Å². The third-order valence-corrected chi connectivity index (χ3v) is 6.02. The molecule has 6 heteroatoms. The molecule has 1 aromatic heterocycles. The quantitative estimate of drug-likeness (QED) is 0.845. The van der Waals surface area contributed by atoms with Crippen molar-refractivity contribution in [3.05, 3.63) is 23.8 Å². The van der Waals surface area contributed by atoms with Crippen LogP contribution >= 0.6 is 0 Å². The Bertz CT molecular complexity index is 773. The highest BCUT2D eigenvalue weighted by Gasteiger charge is 2.43. The van der Waals surface area contributed by atoms with Gasteiger partial charge in [0.25, 0.3) is 0 Å². The normalized spacial score (nSPS) is 30.6. The second kappa shape index (κ2) is 5.55. The maximum atomic E-state index is 12.2. The highest BCUT2D eigenvalue weighted by molar-refractivity contribution is 5.77. The van der Waals surface area contributed by atoms with E-state index in [1.807, 2.05) is 12.1 Å². The largest absolute Gasteiger partial charge is 0.339 e. The Morgan fingerprint density at radius 2 is 2.17 bits per heavy atom. The van der Waals surface area contributed by atoms with Gasteiger partial charge in [0.15, 0.2) is 0 Å². The minimum atomic E-state index is 0.382. The van der Waals surface area contributed by atoms with E-state index >= 15 is 0 Å². The van der Waals surface area contributed by atoms with E-state index in [4.69, 9.17) is 4.63 Å².